The van der Waals surface area contributed by atoms with Crippen molar-refractivity contribution < 1.29 is 5.11 Å². The van der Waals surface area contributed by atoms with Crippen LogP contribution in [-0.2, 0) is 5.41 Å². The molecule has 1 nitrogen and oxygen atoms in total. The summed E-state index contributed by atoms with van der Waals surface area (Å²) in [5.41, 5.74) is 1.51. The fraction of sp³-hybridized carbons (Fsp3) is 0.294. The molecule has 1 N–H and O–H groups in total. The molecule has 0 aliphatic rings. The van der Waals surface area contributed by atoms with Gasteiger partial charge in [-0.3, -0.25) is 0 Å². The van der Waals surface area contributed by atoms with Gasteiger partial charge in [0.1, 0.15) is 5.75 Å². The highest BCUT2D eigenvalue weighted by Crippen LogP contribution is 2.41. The van der Waals surface area contributed by atoms with Crippen molar-refractivity contribution in [2.24, 2.45) is 0 Å². The van der Waals surface area contributed by atoms with E-state index in [9.17, 15) is 5.11 Å². The molecule has 4 aromatic carbocycles. The van der Waals surface area contributed by atoms with Gasteiger partial charge in [-0.2, -0.15) is 0 Å². The zero-order chi connectivity index (χ0) is 26.3. The molecular formula is C34H38OS3. The second-order valence-electron chi connectivity index (χ2n) is 9.62. The lowest BCUT2D eigenvalue weighted by atomic mass is 9.70. The van der Waals surface area contributed by atoms with Crippen molar-refractivity contribution in [1.29, 1.82) is 0 Å². The molecule has 0 aromatic heterocycles. The maximum absolute atomic E-state index is 10.0. The summed E-state index contributed by atoms with van der Waals surface area (Å²) in [6.45, 7) is 0. The summed E-state index contributed by atoms with van der Waals surface area (Å²) in [5.74, 6) is 3.73. The van der Waals surface area contributed by atoms with Crippen LogP contribution in [0.4, 0.5) is 0 Å². The Balaban J connectivity index is 1.44. The van der Waals surface area contributed by atoms with Gasteiger partial charge in [-0.1, -0.05) is 66.7 Å². The minimum absolute atomic E-state index is 0.124. The van der Waals surface area contributed by atoms with Gasteiger partial charge in [0.2, 0.25) is 0 Å². The number of thioether (sulfide) groups is 3. The number of phenols is 1. The Morgan fingerprint density at radius 3 is 1.13 bits per heavy atom. The maximum Gasteiger partial charge on any atom is 0.115 e. The maximum atomic E-state index is 10.0. The van der Waals surface area contributed by atoms with Gasteiger partial charge in [-0.25, -0.2) is 0 Å². The molecule has 0 radical (unpaired) electrons. The average molecular weight is 559 g/mol. The van der Waals surface area contributed by atoms with E-state index in [1.54, 1.807) is 0 Å². The number of phenolic OH excluding ortho intramolecular Hbond substituents is 1. The van der Waals surface area contributed by atoms with Gasteiger partial charge in [0.05, 0.1) is 0 Å². The normalized spacial score (nSPS) is 11.5. The fourth-order valence-corrected chi connectivity index (χ4v) is 7.60. The first-order valence-corrected chi connectivity index (χ1v) is 16.5. The van der Waals surface area contributed by atoms with Crippen LogP contribution >= 0.6 is 35.3 Å². The van der Waals surface area contributed by atoms with Gasteiger partial charge in [0.25, 0.3) is 0 Å². The Kier molecular flexibility index (Phi) is 12.1. The minimum Gasteiger partial charge on any atom is -0.508 e. The van der Waals surface area contributed by atoms with Crippen LogP contribution in [0.5, 0.6) is 5.75 Å². The van der Waals surface area contributed by atoms with E-state index >= 15 is 0 Å². The predicted octanol–water partition coefficient (Wildman–Crippen LogP) is 10.3. The van der Waals surface area contributed by atoms with E-state index in [0.29, 0.717) is 5.75 Å². The van der Waals surface area contributed by atoms with Gasteiger partial charge in [0, 0.05) is 14.7 Å². The van der Waals surface area contributed by atoms with Crippen LogP contribution in [-0.4, -0.2) is 22.4 Å². The van der Waals surface area contributed by atoms with Crippen molar-refractivity contribution in [2.75, 3.05) is 17.3 Å². The van der Waals surface area contributed by atoms with E-state index in [0.717, 1.165) is 17.3 Å². The number of hydrogen-bond donors (Lipinski definition) is 1. The SMILES string of the molecule is Oc1ccc(C(CCCSc2ccccc2)(CCCSc2ccccc2)CCCSc2ccccc2)cc1. The highest BCUT2D eigenvalue weighted by Gasteiger charge is 2.31. The number of aromatic hydroxyl groups is 1. The van der Waals surface area contributed by atoms with Gasteiger partial charge in [-0.15, -0.1) is 35.3 Å². The highest BCUT2D eigenvalue weighted by molar-refractivity contribution is 7.99. The van der Waals surface area contributed by atoms with Gasteiger partial charge in [-0.05, 0) is 115 Å². The minimum atomic E-state index is 0.124. The van der Waals surface area contributed by atoms with Crippen molar-refractivity contribution in [3.05, 3.63) is 121 Å². The van der Waals surface area contributed by atoms with E-state index in [-0.39, 0.29) is 5.41 Å². The van der Waals surface area contributed by atoms with Gasteiger partial charge in [0.15, 0.2) is 0 Å². The molecule has 0 unspecified atom stereocenters. The third kappa shape index (κ3) is 9.48. The van der Waals surface area contributed by atoms with Crippen molar-refractivity contribution in [3.8, 4) is 5.75 Å². The monoisotopic (exact) mass is 558 g/mol. The van der Waals surface area contributed by atoms with E-state index in [1.807, 2.05) is 47.4 Å². The molecule has 0 heterocycles. The molecule has 38 heavy (non-hydrogen) atoms. The van der Waals surface area contributed by atoms with Crippen molar-refractivity contribution in [3.63, 3.8) is 0 Å². The molecule has 0 aliphatic carbocycles. The summed E-state index contributed by atoms with van der Waals surface area (Å²) in [5, 5.41) is 10.0. The molecule has 0 spiro atoms. The highest BCUT2D eigenvalue weighted by atomic mass is 32.2. The van der Waals surface area contributed by atoms with Gasteiger partial charge >= 0.3 is 0 Å². The van der Waals surface area contributed by atoms with Crippen LogP contribution < -0.4 is 0 Å². The summed E-state index contributed by atoms with van der Waals surface area (Å²) in [4.78, 5) is 4.05. The Morgan fingerprint density at radius 1 is 0.447 bits per heavy atom. The van der Waals surface area contributed by atoms with E-state index in [4.69, 9.17) is 0 Å². The first kappa shape index (κ1) is 28.7. The first-order valence-electron chi connectivity index (χ1n) is 13.6. The van der Waals surface area contributed by atoms with Crippen LogP contribution in [0.2, 0.25) is 0 Å². The van der Waals surface area contributed by atoms with Crippen molar-refractivity contribution in [1.82, 2.24) is 0 Å². The summed E-state index contributed by atoms with van der Waals surface area (Å²) < 4.78 is 0. The average Bonchev–Trinajstić information content (AvgIpc) is 2.97. The second kappa shape index (κ2) is 16.0. The van der Waals surface area contributed by atoms with E-state index < -0.39 is 0 Å². The van der Waals surface area contributed by atoms with Crippen LogP contribution in [0.1, 0.15) is 44.1 Å². The quantitative estimate of drug-likeness (QED) is 0.109. The standard InChI is InChI=1S/C34H38OS3/c35-30-21-19-29(20-22-30)34(23-10-26-36-31-13-4-1-5-14-31,24-11-27-37-32-15-6-2-7-16-32)25-12-28-38-33-17-8-3-9-18-33/h1-9,13-22,35H,10-12,23-28H2. The molecule has 4 heteroatoms. The molecule has 0 amide bonds. The van der Waals surface area contributed by atoms with E-state index in [1.165, 1.54) is 58.8 Å². The van der Waals surface area contributed by atoms with Crippen molar-refractivity contribution >= 4 is 35.3 Å². The third-order valence-corrected chi connectivity index (χ3v) is 10.2. The van der Waals surface area contributed by atoms with Crippen LogP contribution in [0.15, 0.2) is 130 Å². The zero-order valence-corrected chi connectivity index (χ0v) is 24.5. The van der Waals surface area contributed by atoms with Gasteiger partial charge < -0.3 is 5.11 Å². The summed E-state index contributed by atoms with van der Waals surface area (Å²) in [6, 6.07) is 40.3. The summed E-state index contributed by atoms with van der Waals surface area (Å²) in [6.07, 6.45) is 7.05. The second-order valence-corrected chi connectivity index (χ2v) is 13.1. The number of rotatable bonds is 16. The molecule has 198 valence electrons. The Bertz CT molecular complexity index is 1050. The zero-order valence-electron chi connectivity index (χ0n) is 22.0. The Morgan fingerprint density at radius 2 is 0.789 bits per heavy atom. The van der Waals surface area contributed by atoms with E-state index in [2.05, 4.69) is 103 Å². The number of hydrogen-bond acceptors (Lipinski definition) is 4. The smallest absolute Gasteiger partial charge is 0.115 e. The summed E-state index contributed by atoms with van der Waals surface area (Å²) >= 11 is 5.89. The lowest BCUT2D eigenvalue weighted by Crippen LogP contribution is -2.27. The molecule has 0 atom stereocenters. The lowest BCUT2D eigenvalue weighted by molar-refractivity contribution is 0.329. The predicted molar refractivity (Wildman–Crippen MR) is 169 cm³/mol. The molecule has 0 fully saturated rings. The van der Waals surface area contributed by atoms with Crippen molar-refractivity contribution in [2.45, 2.75) is 58.6 Å². The largest absolute Gasteiger partial charge is 0.508 e. The first-order chi connectivity index (χ1) is 18.7. The number of benzene rings is 4. The molecule has 4 rings (SSSR count). The Labute approximate surface area is 241 Å². The van der Waals surface area contributed by atoms with Crippen LogP contribution in [0.3, 0.4) is 0 Å². The summed E-state index contributed by atoms with van der Waals surface area (Å²) in [7, 11) is 0. The van der Waals surface area contributed by atoms with Crippen LogP contribution in [0.25, 0.3) is 0 Å². The third-order valence-electron chi connectivity index (χ3n) is 6.91. The Hall–Kier alpha value is -2.27. The fourth-order valence-electron chi connectivity index (χ4n) is 4.97. The topological polar surface area (TPSA) is 20.2 Å². The molecule has 4 aromatic rings. The van der Waals surface area contributed by atoms with Crippen LogP contribution in [0, 0.1) is 0 Å². The molecular weight excluding hydrogens is 521 g/mol. The molecule has 0 aliphatic heterocycles. The molecule has 0 saturated heterocycles. The molecule has 0 bridgehead atoms. The molecule has 0 saturated carbocycles. The lowest BCUT2D eigenvalue weighted by Gasteiger charge is -2.35.